The van der Waals surface area contributed by atoms with Crippen LogP contribution in [0.15, 0.2) is 60.7 Å². The molecule has 4 aliphatic rings. The van der Waals surface area contributed by atoms with Crippen LogP contribution in [0.3, 0.4) is 0 Å². The Morgan fingerprint density at radius 1 is 1.00 bits per heavy atom. The zero-order valence-electron chi connectivity index (χ0n) is 22.3. The third kappa shape index (κ3) is 4.82. The second kappa shape index (κ2) is 10.2. The lowest BCUT2D eigenvalue weighted by atomic mass is 9.55. The molecule has 2 aromatic carbocycles. The first-order chi connectivity index (χ1) is 18.3. The van der Waals surface area contributed by atoms with E-state index in [-0.39, 0.29) is 47.0 Å². The quantitative estimate of drug-likeness (QED) is 0.358. The van der Waals surface area contributed by atoms with Gasteiger partial charge >= 0.3 is 5.97 Å². The molecule has 0 bridgehead atoms. The highest BCUT2D eigenvalue weighted by Gasteiger charge is 2.55. The van der Waals surface area contributed by atoms with Crippen LogP contribution in [-0.4, -0.2) is 54.6 Å². The Labute approximate surface area is 224 Å². The number of benzene rings is 2. The van der Waals surface area contributed by atoms with E-state index in [4.69, 9.17) is 4.74 Å². The van der Waals surface area contributed by atoms with E-state index >= 15 is 0 Å². The summed E-state index contributed by atoms with van der Waals surface area (Å²) < 4.78 is 33.3. The first-order valence-electron chi connectivity index (χ1n) is 14.2. The van der Waals surface area contributed by atoms with Crippen molar-refractivity contribution in [3.05, 3.63) is 83.4 Å². The summed E-state index contributed by atoms with van der Waals surface area (Å²) in [6.45, 7) is 10.8. The highest BCUT2D eigenvalue weighted by atomic mass is 19.1. The average molecular weight is 521 g/mol. The molecule has 0 spiro atoms. The van der Waals surface area contributed by atoms with Crippen LogP contribution in [0.1, 0.15) is 56.2 Å². The van der Waals surface area contributed by atoms with Gasteiger partial charge in [0.15, 0.2) is 0 Å². The average Bonchev–Trinajstić information content (AvgIpc) is 3.19. The summed E-state index contributed by atoms with van der Waals surface area (Å²) in [7, 11) is 0. The highest BCUT2D eigenvalue weighted by Crippen LogP contribution is 2.57. The second-order valence-electron chi connectivity index (χ2n) is 12.2. The van der Waals surface area contributed by atoms with Gasteiger partial charge in [-0.15, -0.1) is 0 Å². The Balaban J connectivity index is 1.14. The Morgan fingerprint density at radius 2 is 1.61 bits per heavy atom. The van der Waals surface area contributed by atoms with Gasteiger partial charge in [0.2, 0.25) is 0 Å². The third-order valence-electron chi connectivity index (χ3n) is 9.92. The predicted octanol–water partition coefficient (Wildman–Crippen LogP) is 5.99. The molecular formula is C32H38F2N2O2. The van der Waals surface area contributed by atoms with E-state index in [1.807, 2.05) is 24.3 Å². The summed E-state index contributed by atoms with van der Waals surface area (Å²) in [5.74, 6) is 0.149. The van der Waals surface area contributed by atoms with Gasteiger partial charge in [0, 0.05) is 38.6 Å². The number of hydrogen-bond acceptors (Lipinski definition) is 4. The lowest BCUT2D eigenvalue weighted by molar-refractivity contribution is -0.146. The minimum Gasteiger partial charge on any atom is -0.462 e. The zero-order valence-corrected chi connectivity index (χ0v) is 22.3. The number of allylic oxidation sites excluding steroid dienone is 1. The molecule has 0 amide bonds. The molecule has 6 rings (SSSR count). The predicted molar refractivity (Wildman–Crippen MR) is 143 cm³/mol. The van der Waals surface area contributed by atoms with Crippen LogP contribution < -0.4 is 0 Å². The number of hydrogen-bond donors (Lipinski definition) is 0. The third-order valence-corrected chi connectivity index (χ3v) is 9.92. The summed E-state index contributed by atoms with van der Waals surface area (Å²) in [6, 6.07) is 13.1. The molecule has 202 valence electrons. The maximum Gasteiger partial charge on any atom is 0.310 e. The van der Waals surface area contributed by atoms with Crippen molar-refractivity contribution in [2.75, 3.05) is 32.7 Å². The fourth-order valence-corrected chi connectivity index (χ4v) is 7.85. The van der Waals surface area contributed by atoms with Crippen molar-refractivity contribution in [1.82, 2.24) is 9.80 Å². The SMILES string of the molecule is C=C1CCC[C@]2(C)C[C@H]3OC(=O)[C@@H](CN4CCN(C(c5ccc(F)cc5)c5ccc(F)cc5)CC4)[C@H]3C[C@@H]12. The van der Waals surface area contributed by atoms with E-state index < -0.39 is 0 Å². The van der Waals surface area contributed by atoms with E-state index in [1.165, 1.54) is 42.7 Å². The summed E-state index contributed by atoms with van der Waals surface area (Å²) in [4.78, 5) is 17.8. The number of rotatable bonds is 5. The molecule has 0 radical (unpaired) electrons. The van der Waals surface area contributed by atoms with Crippen LogP contribution >= 0.6 is 0 Å². The maximum atomic E-state index is 13.7. The number of fused-ring (bicyclic) bond motifs is 2. The molecule has 38 heavy (non-hydrogen) atoms. The van der Waals surface area contributed by atoms with Crippen LogP contribution in [-0.2, 0) is 9.53 Å². The van der Waals surface area contributed by atoms with Crippen molar-refractivity contribution in [3.63, 3.8) is 0 Å². The smallest absolute Gasteiger partial charge is 0.310 e. The van der Waals surface area contributed by atoms with Crippen molar-refractivity contribution in [2.45, 2.75) is 51.2 Å². The number of ether oxygens (including phenoxy) is 1. The van der Waals surface area contributed by atoms with Crippen molar-refractivity contribution in [2.24, 2.45) is 23.2 Å². The summed E-state index contributed by atoms with van der Waals surface area (Å²) >= 11 is 0. The molecule has 5 atom stereocenters. The number of nitrogens with zero attached hydrogens (tertiary/aromatic N) is 2. The highest BCUT2D eigenvalue weighted by molar-refractivity contribution is 5.75. The molecule has 2 saturated heterocycles. The molecule has 2 saturated carbocycles. The molecule has 4 fully saturated rings. The minimum absolute atomic E-state index is 0.0224. The van der Waals surface area contributed by atoms with E-state index in [1.54, 1.807) is 0 Å². The molecule has 4 nitrogen and oxygen atoms in total. The number of carbonyl (C=O) groups is 1. The van der Waals surface area contributed by atoms with Crippen LogP contribution in [0, 0.1) is 34.8 Å². The van der Waals surface area contributed by atoms with Crippen molar-refractivity contribution in [3.8, 4) is 0 Å². The molecule has 6 heteroatoms. The van der Waals surface area contributed by atoms with E-state index in [0.717, 1.165) is 63.1 Å². The fraction of sp³-hybridized carbons (Fsp3) is 0.531. The van der Waals surface area contributed by atoms with Crippen LogP contribution in [0.4, 0.5) is 8.78 Å². The topological polar surface area (TPSA) is 32.8 Å². The number of piperazine rings is 1. The van der Waals surface area contributed by atoms with Gasteiger partial charge in [0.1, 0.15) is 17.7 Å². The lowest BCUT2D eigenvalue weighted by Crippen LogP contribution is -2.50. The Hall–Kier alpha value is -2.57. The molecule has 0 N–H and O–H groups in total. The van der Waals surface area contributed by atoms with Crippen molar-refractivity contribution >= 4 is 5.97 Å². The first-order valence-corrected chi connectivity index (χ1v) is 14.2. The Morgan fingerprint density at radius 3 is 2.21 bits per heavy atom. The largest absolute Gasteiger partial charge is 0.462 e. The van der Waals surface area contributed by atoms with Crippen LogP contribution in [0.25, 0.3) is 0 Å². The van der Waals surface area contributed by atoms with Crippen LogP contribution in [0.2, 0.25) is 0 Å². The monoisotopic (exact) mass is 520 g/mol. The molecule has 2 aliphatic carbocycles. The van der Waals surface area contributed by atoms with Gasteiger partial charge in [-0.05, 0) is 78.8 Å². The van der Waals surface area contributed by atoms with Gasteiger partial charge in [0.05, 0.1) is 12.0 Å². The molecule has 2 aromatic rings. The number of carbonyl (C=O) groups excluding carboxylic acids is 1. The summed E-state index contributed by atoms with van der Waals surface area (Å²) in [6.07, 6.45) is 5.54. The molecule has 0 aromatic heterocycles. The van der Waals surface area contributed by atoms with Gasteiger partial charge in [-0.3, -0.25) is 14.6 Å². The minimum atomic E-state index is -0.266. The van der Waals surface area contributed by atoms with E-state index in [9.17, 15) is 13.6 Å². The molecular weight excluding hydrogens is 482 g/mol. The first kappa shape index (κ1) is 25.7. The second-order valence-corrected chi connectivity index (χ2v) is 12.2. The fourth-order valence-electron chi connectivity index (χ4n) is 7.85. The molecule has 2 heterocycles. The Bertz CT molecular complexity index is 1130. The van der Waals surface area contributed by atoms with Crippen LogP contribution in [0.5, 0.6) is 0 Å². The number of esters is 1. The molecule has 0 unspecified atom stereocenters. The number of halogens is 2. The molecule has 2 aliphatic heterocycles. The zero-order chi connectivity index (χ0) is 26.4. The Kier molecular flexibility index (Phi) is 6.89. The van der Waals surface area contributed by atoms with E-state index in [0.29, 0.717) is 5.92 Å². The van der Waals surface area contributed by atoms with Gasteiger partial charge in [-0.25, -0.2) is 8.78 Å². The standard InChI is InChI=1S/C32H38F2N2O2/c1-21-4-3-13-32(2)19-29-26(18-28(21)32)27(31(37)38-29)20-35-14-16-36(17-15-35)30(22-5-9-24(33)10-6-22)23-7-11-25(34)12-8-23/h5-12,26-30H,1,3-4,13-20H2,2H3/t26-,27+,28+,29-,32-/m1/s1. The van der Waals surface area contributed by atoms with Gasteiger partial charge in [-0.2, -0.15) is 0 Å². The van der Waals surface area contributed by atoms with Crippen molar-refractivity contribution in [1.29, 1.82) is 0 Å². The summed E-state index contributed by atoms with van der Waals surface area (Å²) in [5, 5.41) is 0. The van der Waals surface area contributed by atoms with Gasteiger partial charge in [-0.1, -0.05) is 43.3 Å². The van der Waals surface area contributed by atoms with Gasteiger partial charge < -0.3 is 4.74 Å². The van der Waals surface area contributed by atoms with Gasteiger partial charge in [0.25, 0.3) is 0 Å². The van der Waals surface area contributed by atoms with Crippen molar-refractivity contribution < 1.29 is 18.3 Å². The lowest BCUT2D eigenvalue weighted by Gasteiger charge is -2.50. The summed E-state index contributed by atoms with van der Waals surface area (Å²) in [5.41, 5.74) is 3.57. The normalized spacial score (nSPS) is 32.2. The maximum absolute atomic E-state index is 13.7. The van der Waals surface area contributed by atoms with E-state index in [2.05, 4.69) is 23.3 Å².